The summed E-state index contributed by atoms with van der Waals surface area (Å²) >= 11 is 0. The topological polar surface area (TPSA) is 66.6 Å². The molecule has 2 fully saturated rings. The summed E-state index contributed by atoms with van der Waals surface area (Å²) in [5, 5.41) is 0. The van der Waals surface area contributed by atoms with E-state index in [0.717, 1.165) is 25.9 Å². The van der Waals surface area contributed by atoms with Gasteiger partial charge in [0.1, 0.15) is 0 Å². The van der Waals surface area contributed by atoms with Crippen LogP contribution in [0.2, 0.25) is 0 Å². The van der Waals surface area contributed by atoms with Crippen LogP contribution in [-0.2, 0) is 0 Å². The third-order valence-electron chi connectivity index (χ3n) is 4.98. The molecule has 5 nitrogen and oxygen atoms in total. The molecule has 1 aliphatic carbocycles. The van der Waals surface area contributed by atoms with Gasteiger partial charge in [0.15, 0.2) is 0 Å². The first-order valence-electron chi connectivity index (χ1n) is 7.84. The highest BCUT2D eigenvalue weighted by Gasteiger charge is 2.42. The van der Waals surface area contributed by atoms with E-state index < -0.39 is 0 Å². The lowest BCUT2D eigenvalue weighted by Crippen LogP contribution is -2.33. The van der Waals surface area contributed by atoms with Crippen molar-refractivity contribution in [2.45, 2.75) is 18.9 Å². The van der Waals surface area contributed by atoms with E-state index in [1.807, 2.05) is 4.90 Å². The van der Waals surface area contributed by atoms with E-state index in [0.29, 0.717) is 23.0 Å². The molecule has 0 aromatic heterocycles. The number of nitrogens with zero attached hydrogens (tertiary/aromatic N) is 2. The van der Waals surface area contributed by atoms with Crippen LogP contribution in [0, 0.1) is 11.8 Å². The number of hydrogen-bond acceptors (Lipinski definition) is 3. The van der Waals surface area contributed by atoms with Crippen LogP contribution in [0.5, 0.6) is 0 Å². The van der Waals surface area contributed by atoms with Crippen LogP contribution in [0.4, 0.5) is 0 Å². The van der Waals surface area contributed by atoms with Crippen molar-refractivity contribution >= 4 is 11.8 Å². The standard InChI is InChI=1S/C17H23N3O2/c1-19(2)16(21)11-3-5-12(6-4-11)17(22)20-9-13-7-8-15(18)14(13)10-20/h3-6,13-15H,7-10,18H2,1-2H3. The Morgan fingerprint density at radius 3 is 2.32 bits per heavy atom. The van der Waals surface area contributed by atoms with E-state index in [4.69, 9.17) is 5.73 Å². The molecule has 1 saturated heterocycles. The Bertz CT molecular complexity index is 582. The van der Waals surface area contributed by atoms with Gasteiger partial charge in [-0.15, -0.1) is 0 Å². The molecule has 2 N–H and O–H groups in total. The number of carbonyl (C=O) groups is 2. The summed E-state index contributed by atoms with van der Waals surface area (Å²) in [6.45, 7) is 1.58. The van der Waals surface area contributed by atoms with Gasteiger partial charge in [-0.25, -0.2) is 0 Å². The number of rotatable bonds is 2. The summed E-state index contributed by atoms with van der Waals surface area (Å²) in [5.41, 5.74) is 7.36. The van der Waals surface area contributed by atoms with E-state index in [1.165, 1.54) is 4.90 Å². The summed E-state index contributed by atoms with van der Waals surface area (Å²) in [6.07, 6.45) is 2.21. The molecule has 2 amide bonds. The van der Waals surface area contributed by atoms with Crippen molar-refractivity contribution in [3.63, 3.8) is 0 Å². The lowest BCUT2D eigenvalue weighted by molar-refractivity contribution is 0.0777. The van der Waals surface area contributed by atoms with Gasteiger partial charge in [0.05, 0.1) is 0 Å². The normalized spacial score (nSPS) is 26.9. The van der Waals surface area contributed by atoms with Crippen molar-refractivity contribution in [2.24, 2.45) is 17.6 Å². The van der Waals surface area contributed by atoms with Crippen molar-refractivity contribution in [2.75, 3.05) is 27.2 Å². The first-order chi connectivity index (χ1) is 10.5. The van der Waals surface area contributed by atoms with E-state index in [9.17, 15) is 9.59 Å². The number of fused-ring (bicyclic) bond motifs is 1. The molecule has 1 aliphatic heterocycles. The zero-order chi connectivity index (χ0) is 15.9. The fourth-order valence-corrected chi connectivity index (χ4v) is 3.67. The van der Waals surface area contributed by atoms with Crippen LogP contribution in [0.1, 0.15) is 33.6 Å². The monoisotopic (exact) mass is 301 g/mol. The number of likely N-dealkylation sites (tertiary alicyclic amines) is 1. The lowest BCUT2D eigenvalue weighted by atomic mass is 9.98. The van der Waals surface area contributed by atoms with Crippen LogP contribution in [0.25, 0.3) is 0 Å². The molecule has 5 heteroatoms. The van der Waals surface area contributed by atoms with Crippen LogP contribution in [0.3, 0.4) is 0 Å². The minimum atomic E-state index is -0.0549. The summed E-state index contributed by atoms with van der Waals surface area (Å²) in [7, 11) is 3.43. The molecule has 3 unspecified atom stereocenters. The summed E-state index contributed by atoms with van der Waals surface area (Å²) < 4.78 is 0. The molecule has 0 bridgehead atoms. The van der Waals surface area contributed by atoms with Crippen molar-refractivity contribution in [1.82, 2.24) is 9.80 Å². The van der Waals surface area contributed by atoms with Crippen molar-refractivity contribution in [1.29, 1.82) is 0 Å². The predicted octanol–water partition coefficient (Wildman–Crippen LogP) is 1.20. The Morgan fingerprint density at radius 2 is 1.73 bits per heavy atom. The van der Waals surface area contributed by atoms with Gasteiger partial charge < -0.3 is 15.5 Å². The number of amides is 2. The average Bonchev–Trinajstić information content (AvgIpc) is 3.08. The fourth-order valence-electron chi connectivity index (χ4n) is 3.67. The molecule has 1 heterocycles. The molecule has 0 radical (unpaired) electrons. The molecule has 3 rings (SSSR count). The highest BCUT2D eigenvalue weighted by molar-refractivity contribution is 5.97. The van der Waals surface area contributed by atoms with E-state index in [2.05, 4.69) is 0 Å². The molecule has 1 saturated carbocycles. The largest absolute Gasteiger partial charge is 0.345 e. The van der Waals surface area contributed by atoms with Crippen molar-refractivity contribution in [3.05, 3.63) is 35.4 Å². The summed E-state index contributed by atoms with van der Waals surface area (Å²) in [4.78, 5) is 27.9. The maximum absolute atomic E-state index is 12.6. The first-order valence-corrected chi connectivity index (χ1v) is 7.84. The Hall–Kier alpha value is -1.88. The van der Waals surface area contributed by atoms with E-state index >= 15 is 0 Å². The van der Waals surface area contributed by atoms with Gasteiger partial charge >= 0.3 is 0 Å². The second-order valence-electron chi connectivity index (χ2n) is 6.65. The average molecular weight is 301 g/mol. The Labute approximate surface area is 131 Å². The number of carbonyl (C=O) groups excluding carboxylic acids is 2. The van der Waals surface area contributed by atoms with Gasteiger partial charge in [-0.05, 0) is 48.9 Å². The Morgan fingerprint density at radius 1 is 1.09 bits per heavy atom. The second kappa shape index (κ2) is 5.72. The zero-order valence-electron chi connectivity index (χ0n) is 13.2. The minimum Gasteiger partial charge on any atom is -0.345 e. The maximum Gasteiger partial charge on any atom is 0.253 e. The van der Waals surface area contributed by atoms with Crippen LogP contribution < -0.4 is 5.73 Å². The number of benzene rings is 1. The Balaban J connectivity index is 1.70. The predicted molar refractivity (Wildman–Crippen MR) is 84.6 cm³/mol. The fraction of sp³-hybridized carbons (Fsp3) is 0.529. The third kappa shape index (κ3) is 2.61. The lowest BCUT2D eigenvalue weighted by Gasteiger charge is -2.19. The van der Waals surface area contributed by atoms with E-state index in [1.54, 1.807) is 38.4 Å². The molecule has 2 aliphatic rings. The van der Waals surface area contributed by atoms with Crippen LogP contribution >= 0.6 is 0 Å². The zero-order valence-corrected chi connectivity index (χ0v) is 13.2. The Kier molecular flexibility index (Phi) is 3.91. The van der Waals surface area contributed by atoms with Gasteiger partial charge in [0.25, 0.3) is 11.8 Å². The number of hydrogen-bond donors (Lipinski definition) is 1. The molecule has 1 aromatic rings. The molecule has 118 valence electrons. The van der Waals surface area contributed by atoms with Gasteiger partial charge in [-0.3, -0.25) is 9.59 Å². The molecular formula is C17H23N3O2. The highest BCUT2D eigenvalue weighted by Crippen LogP contribution is 2.37. The first kappa shape index (κ1) is 15.0. The molecule has 3 atom stereocenters. The summed E-state index contributed by atoms with van der Waals surface area (Å²) in [6, 6.07) is 7.17. The van der Waals surface area contributed by atoms with Crippen molar-refractivity contribution in [3.8, 4) is 0 Å². The quantitative estimate of drug-likeness (QED) is 0.892. The van der Waals surface area contributed by atoms with Gasteiger partial charge in [-0.1, -0.05) is 0 Å². The summed E-state index contributed by atoms with van der Waals surface area (Å²) in [5.74, 6) is 1.01. The third-order valence-corrected chi connectivity index (χ3v) is 4.98. The molecule has 1 aromatic carbocycles. The van der Waals surface area contributed by atoms with Gasteiger partial charge in [0, 0.05) is 44.4 Å². The number of nitrogens with two attached hydrogens (primary N) is 1. The van der Waals surface area contributed by atoms with Gasteiger partial charge in [-0.2, -0.15) is 0 Å². The smallest absolute Gasteiger partial charge is 0.253 e. The molecular weight excluding hydrogens is 278 g/mol. The molecule has 22 heavy (non-hydrogen) atoms. The van der Waals surface area contributed by atoms with Crippen LogP contribution in [-0.4, -0.2) is 54.8 Å². The van der Waals surface area contributed by atoms with Crippen LogP contribution in [0.15, 0.2) is 24.3 Å². The SMILES string of the molecule is CN(C)C(=O)c1ccc(C(=O)N2CC3CCC(N)C3C2)cc1. The second-order valence-corrected chi connectivity index (χ2v) is 6.65. The van der Waals surface area contributed by atoms with E-state index in [-0.39, 0.29) is 17.9 Å². The highest BCUT2D eigenvalue weighted by atomic mass is 16.2. The molecule has 0 spiro atoms. The minimum absolute atomic E-state index is 0.0467. The maximum atomic E-state index is 12.6. The van der Waals surface area contributed by atoms with Crippen molar-refractivity contribution < 1.29 is 9.59 Å². The van der Waals surface area contributed by atoms with Gasteiger partial charge in [0.2, 0.25) is 0 Å².